The van der Waals surface area contributed by atoms with Crippen molar-refractivity contribution in [2.24, 2.45) is 0 Å². The summed E-state index contributed by atoms with van der Waals surface area (Å²) >= 11 is 12.1. The van der Waals surface area contributed by atoms with Gasteiger partial charge in [-0.3, -0.25) is 0 Å². The van der Waals surface area contributed by atoms with E-state index in [-0.39, 0.29) is 0 Å². The molecule has 3 heteroatoms. The van der Waals surface area contributed by atoms with Gasteiger partial charge in [-0.05, 0) is 36.8 Å². The van der Waals surface area contributed by atoms with Crippen molar-refractivity contribution >= 4 is 28.9 Å². The highest BCUT2D eigenvalue weighted by Crippen LogP contribution is 2.34. The Morgan fingerprint density at radius 3 is 2.38 bits per heavy atom. The molecule has 2 aromatic carbocycles. The van der Waals surface area contributed by atoms with Gasteiger partial charge in [0.25, 0.3) is 0 Å². The van der Waals surface area contributed by atoms with Crippen molar-refractivity contribution in [3.8, 4) is 11.1 Å². The molecule has 1 nitrogen and oxygen atoms in total. The van der Waals surface area contributed by atoms with Crippen LogP contribution in [0.25, 0.3) is 11.1 Å². The minimum absolute atomic E-state index is 0.652. The summed E-state index contributed by atoms with van der Waals surface area (Å²) in [6, 6.07) is 11.2. The summed E-state index contributed by atoms with van der Waals surface area (Å²) in [5, 5.41) is 1.30. The lowest BCUT2D eigenvalue weighted by atomic mass is 10.0. The molecule has 0 unspecified atom stereocenters. The number of benzene rings is 2. The van der Waals surface area contributed by atoms with E-state index in [0.717, 1.165) is 16.7 Å². The number of anilines is 1. The highest BCUT2D eigenvalue weighted by Gasteiger charge is 2.07. The molecular formula is C13H11Cl2N. The lowest BCUT2D eigenvalue weighted by Gasteiger charge is -2.09. The zero-order valence-electron chi connectivity index (χ0n) is 8.80. The summed E-state index contributed by atoms with van der Waals surface area (Å²) in [6.45, 7) is 2.00. The van der Waals surface area contributed by atoms with E-state index < -0.39 is 0 Å². The van der Waals surface area contributed by atoms with Crippen molar-refractivity contribution in [2.75, 3.05) is 5.73 Å². The lowest BCUT2D eigenvalue weighted by Crippen LogP contribution is -1.91. The third-order valence-corrected chi connectivity index (χ3v) is 2.99. The van der Waals surface area contributed by atoms with E-state index in [0.29, 0.717) is 15.7 Å². The predicted octanol–water partition coefficient (Wildman–Crippen LogP) is 4.55. The van der Waals surface area contributed by atoms with Crippen LogP contribution in [-0.2, 0) is 0 Å². The second-order valence-electron chi connectivity index (χ2n) is 3.71. The molecule has 16 heavy (non-hydrogen) atoms. The molecule has 0 atom stereocenters. The topological polar surface area (TPSA) is 26.0 Å². The Morgan fingerprint density at radius 1 is 0.938 bits per heavy atom. The largest absolute Gasteiger partial charge is 0.398 e. The standard InChI is InChI=1S/C13H11Cl2N/c1-8-2-4-10(13(16)6-8)11-7-9(14)3-5-12(11)15/h2-7H,16H2,1H3. The van der Waals surface area contributed by atoms with Crippen LogP contribution in [0.5, 0.6) is 0 Å². The number of halogens is 2. The summed E-state index contributed by atoms with van der Waals surface area (Å²) in [4.78, 5) is 0. The van der Waals surface area contributed by atoms with Crippen LogP contribution in [0, 0.1) is 6.92 Å². The summed E-state index contributed by atoms with van der Waals surface area (Å²) in [5.74, 6) is 0. The highest BCUT2D eigenvalue weighted by atomic mass is 35.5. The second-order valence-corrected chi connectivity index (χ2v) is 4.56. The first-order chi connectivity index (χ1) is 7.58. The van der Waals surface area contributed by atoms with Gasteiger partial charge in [0.05, 0.1) is 0 Å². The van der Waals surface area contributed by atoms with Crippen molar-refractivity contribution in [1.82, 2.24) is 0 Å². The maximum absolute atomic E-state index is 6.13. The van der Waals surface area contributed by atoms with Gasteiger partial charge in [-0.2, -0.15) is 0 Å². The Balaban J connectivity index is 2.62. The summed E-state index contributed by atoms with van der Waals surface area (Å²) in [6.07, 6.45) is 0. The van der Waals surface area contributed by atoms with Gasteiger partial charge >= 0.3 is 0 Å². The maximum atomic E-state index is 6.13. The molecule has 0 heterocycles. The average Bonchev–Trinajstić information content (AvgIpc) is 2.22. The first-order valence-electron chi connectivity index (χ1n) is 4.89. The normalized spacial score (nSPS) is 10.4. The van der Waals surface area contributed by atoms with Crippen molar-refractivity contribution in [3.05, 3.63) is 52.0 Å². The number of rotatable bonds is 1. The summed E-state index contributed by atoms with van der Waals surface area (Å²) in [7, 11) is 0. The van der Waals surface area contributed by atoms with Gasteiger partial charge in [0.15, 0.2) is 0 Å². The molecule has 0 aromatic heterocycles. The molecule has 0 radical (unpaired) electrons. The Morgan fingerprint density at radius 2 is 1.69 bits per heavy atom. The molecule has 0 aliphatic rings. The smallest absolute Gasteiger partial charge is 0.0486 e. The molecule has 0 bridgehead atoms. The first-order valence-corrected chi connectivity index (χ1v) is 5.65. The van der Waals surface area contributed by atoms with Crippen molar-refractivity contribution in [3.63, 3.8) is 0 Å². The number of aryl methyl sites for hydroxylation is 1. The third-order valence-electron chi connectivity index (χ3n) is 2.43. The van der Waals surface area contributed by atoms with Crippen molar-refractivity contribution < 1.29 is 0 Å². The van der Waals surface area contributed by atoms with E-state index in [9.17, 15) is 0 Å². The van der Waals surface area contributed by atoms with Gasteiger partial charge in [0.1, 0.15) is 0 Å². The Bertz CT molecular complexity index is 535. The number of nitrogen functional groups attached to an aromatic ring is 1. The average molecular weight is 252 g/mol. The molecule has 0 saturated heterocycles. The third kappa shape index (κ3) is 2.16. The number of hydrogen-bond acceptors (Lipinski definition) is 1. The van der Waals surface area contributed by atoms with E-state index >= 15 is 0 Å². The lowest BCUT2D eigenvalue weighted by molar-refractivity contribution is 1.47. The van der Waals surface area contributed by atoms with Gasteiger partial charge in [-0.1, -0.05) is 35.3 Å². The summed E-state index contributed by atoms with van der Waals surface area (Å²) in [5.41, 5.74) is 9.59. The SMILES string of the molecule is Cc1ccc(-c2cc(Cl)ccc2Cl)c(N)c1. The van der Waals surface area contributed by atoms with E-state index in [1.807, 2.05) is 31.2 Å². The van der Waals surface area contributed by atoms with Gasteiger partial charge in [-0.15, -0.1) is 0 Å². The molecular weight excluding hydrogens is 241 g/mol. The van der Waals surface area contributed by atoms with E-state index in [2.05, 4.69) is 0 Å². The van der Waals surface area contributed by atoms with Crippen LogP contribution in [0.1, 0.15) is 5.56 Å². The van der Waals surface area contributed by atoms with Crippen LogP contribution in [0.2, 0.25) is 10.0 Å². The molecule has 0 aliphatic carbocycles. The minimum Gasteiger partial charge on any atom is -0.398 e. The van der Waals surface area contributed by atoms with Crippen LogP contribution in [-0.4, -0.2) is 0 Å². The van der Waals surface area contributed by atoms with Gasteiger partial charge in [0.2, 0.25) is 0 Å². The molecule has 2 rings (SSSR count). The fourth-order valence-electron chi connectivity index (χ4n) is 1.63. The van der Waals surface area contributed by atoms with Gasteiger partial charge in [-0.25, -0.2) is 0 Å². The summed E-state index contributed by atoms with van der Waals surface area (Å²) < 4.78 is 0. The maximum Gasteiger partial charge on any atom is 0.0486 e. The molecule has 2 aromatic rings. The van der Waals surface area contributed by atoms with E-state index in [1.165, 1.54) is 0 Å². The predicted molar refractivity (Wildman–Crippen MR) is 71.0 cm³/mol. The molecule has 0 saturated carbocycles. The van der Waals surface area contributed by atoms with E-state index in [4.69, 9.17) is 28.9 Å². The van der Waals surface area contributed by atoms with Crippen LogP contribution in [0.4, 0.5) is 5.69 Å². The Hall–Kier alpha value is -1.18. The van der Waals surface area contributed by atoms with Gasteiger partial charge in [0, 0.05) is 26.9 Å². The molecule has 0 aliphatic heterocycles. The fourth-order valence-corrected chi connectivity index (χ4v) is 2.02. The fraction of sp³-hybridized carbons (Fsp3) is 0.0769. The zero-order valence-corrected chi connectivity index (χ0v) is 10.3. The highest BCUT2D eigenvalue weighted by molar-refractivity contribution is 6.35. The van der Waals surface area contributed by atoms with Crippen LogP contribution < -0.4 is 5.73 Å². The van der Waals surface area contributed by atoms with Gasteiger partial charge < -0.3 is 5.73 Å². The first kappa shape index (κ1) is 11.3. The van der Waals surface area contributed by atoms with Crippen LogP contribution in [0.15, 0.2) is 36.4 Å². The Labute approximate surface area is 105 Å². The monoisotopic (exact) mass is 251 g/mol. The second kappa shape index (κ2) is 4.36. The van der Waals surface area contributed by atoms with Crippen molar-refractivity contribution in [2.45, 2.75) is 6.92 Å². The van der Waals surface area contributed by atoms with Crippen molar-refractivity contribution in [1.29, 1.82) is 0 Å². The number of nitrogens with two attached hydrogens (primary N) is 1. The zero-order chi connectivity index (χ0) is 11.7. The molecule has 0 fully saturated rings. The Kier molecular flexibility index (Phi) is 3.08. The number of hydrogen-bond donors (Lipinski definition) is 1. The molecule has 2 N–H and O–H groups in total. The quantitative estimate of drug-likeness (QED) is 0.740. The van der Waals surface area contributed by atoms with Crippen LogP contribution in [0.3, 0.4) is 0 Å². The molecule has 82 valence electrons. The molecule has 0 amide bonds. The molecule has 0 spiro atoms. The minimum atomic E-state index is 0.652. The van der Waals surface area contributed by atoms with Crippen LogP contribution >= 0.6 is 23.2 Å². The van der Waals surface area contributed by atoms with E-state index in [1.54, 1.807) is 12.1 Å².